The molecule has 4 rings (SSSR count). The lowest BCUT2D eigenvalue weighted by Crippen LogP contribution is -2.19. The van der Waals surface area contributed by atoms with Crippen molar-refractivity contribution in [3.8, 4) is 11.3 Å². The zero-order chi connectivity index (χ0) is 16.0. The highest BCUT2D eigenvalue weighted by Crippen LogP contribution is 2.33. The lowest BCUT2D eigenvalue weighted by atomic mass is 9.89. The van der Waals surface area contributed by atoms with Gasteiger partial charge in [-0.15, -0.1) is 0 Å². The number of aromatic nitrogens is 3. The summed E-state index contributed by atoms with van der Waals surface area (Å²) in [7, 11) is 1.88. The lowest BCUT2D eigenvalue weighted by molar-refractivity contribution is 0.681. The number of aromatic amines is 1. The first kappa shape index (κ1) is 14.2. The number of benzene rings is 1. The number of nitrogens with one attached hydrogen (secondary N) is 1. The molecular formula is C18H20N4O. The van der Waals surface area contributed by atoms with E-state index in [1.165, 1.54) is 5.56 Å². The Morgan fingerprint density at radius 1 is 1.26 bits per heavy atom. The SMILES string of the molecule is Cn1nc(-c2cccc(CN)c2)c2c3c(c(=O)[nH]c21)CCCC3. The van der Waals surface area contributed by atoms with Crippen LogP contribution in [-0.4, -0.2) is 14.8 Å². The smallest absolute Gasteiger partial charge is 0.253 e. The van der Waals surface area contributed by atoms with E-state index >= 15 is 0 Å². The third-order valence-corrected chi connectivity index (χ3v) is 4.76. The molecule has 3 aromatic rings. The van der Waals surface area contributed by atoms with Crippen LogP contribution in [0, 0.1) is 0 Å². The number of nitrogens with zero attached hydrogens (tertiary/aromatic N) is 2. The molecule has 0 spiro atoms. The molecule has 0 saturated heterocycles. The maximum absolute atomic E-state index is 12.4. The molecule has 0 aliphatic heterocycles. The Bertz CT molecular complexity index is 952. The first-order valence-electron chi connectivity index (χ1n) is 8.09. The van der Waals surface area contributed by atoms with Crippen LogP contribution in [0.2, 0.25) is 0 Å². The number of H-pyrrole nitrogens is 1. The molecule has 1 aromatic carbocycles. The molecule has 1 aliphatic rings. The Hall–Kier alpha value is -2.40. The van der Waals surface area contributed by atoms with Crippen LogP contribution in [0.4, 0.5) is 0 Å². The summed E-state index contributed by atoms with van der Waals surface area (Å²) in [5.74, 6) is 0. The molecule has 0 fully saturated rings. The van der Waals surface area contributed by atoms with Gasteiger partial charge in [0.2, 0.25) is 0 Å². The zero-order valence-electron chi connectivity index (χ0n) is 13.2. The molecule has 0 saturated carbocycles. The summed E-state index contributed by atoms with van der Waals surface area (Å²) in [6.07, 6.45) is 4.02. The van der Waals surface area contributed by atoms with Crippen molar-refractivity contribution < 1.29 is 0 Å². The Morgan fingerprint density at radius 2 is 2.04 bits per heavy atom. The summed E-state index contributed by atoms with van der Waals surface area (Å²) in [4.78, 5) is 15.4. The molecule has 3 N–H and O–H groups in total. The van der Waals surface area contributed by atoms with Crippen LogP contribution < -0.4 is 11.3 Å². The molecule has 0 amide bonds. The maximum atomic E-state index is 12.4. The summed E-state index contributed by atoms with van der Waals surface area (Å²) >= 11 is 0. The van der Waals surface area contributed by atoms with Gasteiger partial charge in [-0.1, -0.05) is 18.2 Å². The van der Waals surface area contributed by atoms with E-state index in [1.54, 1.807) is 4.68 Å². The Labute approximate surface area is 134 Å². The number of hydrogen-bond donors (Lipinski definition) is 2. The lowest BCUT2D eigenvalue weighted by Gasteiger charge is -2.16. The highest BCUT2D eigenvalue weighted by Gasteiger charge is 2.22. The average molecular weight is 308 g/mol. The molecule has 23 heavy (non-hydrogen) atoms. The van der Waals surface area contributed by atoms with Gasteiger partial charge in [0.1, 0.15) is 11.3 Å². The van der Waals surface area contributed by atoms with Crippen LogP contribution in [0.1, 0.15) is 29.5 Å². The van der Waals surface area contributed by atoms with Crippen LogP contribution in [0.3, 0.4) is 0 Å². The van der Waals surface area contributed by atoms with Crippen LogP contribution >= 0.6 is 0 Å². The predicted octanol–water partition coefficient (Wildman–Crippen LogP) is 2.27. The Morgan fingerprint density at radius 3 is 2.83 bits per heavy atom. The van der Waals surface area contributed by atoms with Gasteiger partial charge in [0, 0.05) is 30.1 Å². The summed E-state index contributed by atoms with van der Waals surface area (Å²) in [6, 6.07) is 8.17. The monoisotopic (exact) mass is 308 g/mol. The topological polar surface area (TPSA) is 76.7 Å². The molecular weight excluding hydrogens is 288 g/mol. The Kier molecular flexibility index (Phi) is 3.31. The van der Waals surface area contributed by atoms with E-state index in [4.69, 9.17) is 10.8 Å². The van der Waals surface area contributed by atoms with E-state index in [1.807, 2.05) is 19.2 Å². The van der Waals surface area contributed by atoms with Gasteiger partial charge >= 0.3 is 0 Å². The fourth-order valence-electron chi connectivity index (χ4n) is 3.62. The molecule has 2 heterocycles. The van der Waals surface area contributed by atoms with Gasteiger partial charge in [-0.3, -0.25) is 9.48 Å². The molecule has 0 bridgehead atoms. The minimum atomic E-state index is 0.0393. The molecule has 0 radical (unpaired) electrons. The number of nitrogens with two attached hydrogens (primary N) is 1. The van der Waals surface area contributed by atoms with Crippen molar-refractivity contribution in [2.45, 2.75) is 32.2 Å². The van der Waals surface area contributed by atoms with Gasteiger partial charge in [0.05, 0.1) is 0 Å². The predicted molar refractivity (Wildman–Crippen MR) is 91.3 cm³/mol. The first-order valence-corrected chi connectivity index (χ1v) is 8.09. The number of hydrogen-bond acceptors (Lipinski definition) is 3. The van der Waals surface area contributed by atoms with Gasteiger partial charge < -0.3 is 10.7 Å². The second kappa shape index (κ2) is 5.35. The summed E-state index contributed by atoms with van der Waals surface area (Å²) in [6.45, 7) is 0.507. The van der Waals surface area contributed by atoms with Crippen molar-refractivity contribution in [3.05, 3.63) is 51.3 Å². The van der Waals surface area contributed by atoms with E-state index < -0.39 is 0 Å². The van der Waals surface area contributed by atoms with Crippen molar-refractivity contribution in [3.63, 3.8) is 0 Å². The van der Waals surface area contributed by atoms with Gasteiger partial charge in [-0.25, -0.2) is 0 Å². The molecule has 5 nitrogen and oxygen atoms in total. The molecule has 0 unspecified atom stereocenters. The van der Waals surface area contributed by atoms with E-state index in [0.717, 1.165) is 59.1 Å². The largest absolute Gasteiger partial charge is 0.326 e. The quantitative estimate of drug-likeness (QED) is 0.762. The average Bonchev–Trinajstić information content (AvgIpc) is 2.92. The minimum absolute atomic E-state index is 0.0393. The highest BCUT2D eigenvalue weighted by atomic mass is 16.1. The molecule has 5 heteroatoms. The van der Waals surface area contributed by atoms with Crippen molar-refractivity contribution in [2.75, 3.05) is 0 Å². The molecule has 2 aromatic heterocycles. The van der Waals surface area contributed by atoms with Gasteiger partial charge in [-0.05, 0) is 42.9 Å². The van der Waals surface area contributed by atoms with Crippen LogP contribution in [0.15, 0.2) is 29.1 Å². The van der Waals surface area contributed by atoms with Gasteiger partial charge in [-0.2, -0.15) is 5.10 Å². The number of aryl methyl sites for hydroxylation is 2. The maximum Gasteiger partial charge on any atom is 0.253 e. The van der Waals surface area contributed by atoms with Gasteiger partial charge in [0.15, 0.2) is 0 Å². The fourth-order valence-corrected chi connectivity index (χ4v) is 3.62. The van der Waals surface area contributed by atoms with Crippen molar-refractivity contribution in [2.24, 2.45) is 12.8 Å². The number of pyridine rings is 1. The summed E-state index contributed by atoms with van der Waals surface area (Å²) in [5, 5.41) is 5.78. The minimum Gasteiger partial charge on any atom is -0.326 e. The van der Waals surface area contributed by atoms with E-state index in [0.29, 0.717) is 6.54 Å². The van der Waals surface area contributed by atoms with Crippen LogP contribution in [0.25, 0.3) is 22.3 Å². The van der Waals surface area contributed by atoms with E-state index in [9.17, 15) is 4.79 Å². The molecule has 1 aliphatic carbocycles. The number of rotatable bonds is 2. The van der Waals surface area contributed by atoms with Crippen molar-refractivity contribution in [1.82, 2.24) is 14.8 Å². The molecule has 0 atom stereocenters. The fraction of sp³-hybridized carbons (Fsp3) is 0.333. The normalized spacial score (nSPS) is 14.2. The first-order chi connectivity index (χ1) is 11.2. The Balaban J connectivity index is 2.06. The highest BCUT2D eigenvalue weighted by molar-refractivity contribution is 5.94. The van der Waals surface area contributed by atoms with E-state index in [2.05, 4.69) is 17.1 Å². The second-order valence-electron chi connectivity index (χ2n) is 6.22. The standard InChI is InChI=1S/C18H20N4O/c1-22-17-15(13-7-2-3-8-14(13)18(23)20-17)16(21-22)12-6-4-5-11(9-12)10-19/h4-6,9H,2-3,7-8,10,19H2,1H3,(H,20,23). The summed E-state index contributed by atoms with van der Waals surface area (Å²) in [5.41, 5.74) is 11.8. The summed E-state index contributed by atoms with van der Waals surface area (Å²) < 4.78 is 1.77. The van der Waals surface area contributed by atoms with Crippen molar-refractivity contribution >= 4 is 11.0 Å². The number of fused-ring (bicyclic) bond motifs is 3. The molecule has 118 valence electrons. The van der Waals surface area contributed by atoms with Crippen molar-refractivity contribution in [1.29, 1.82) is 0 Å². The third kappa shape index (κ3) is 2.19. The van der Waals surface area contributed by atoms with E-state index in [-0.39, 0.29) is 5.56 Å². The van der Waals surface area contributed by atoms with Crippen LogP contribution in [-0.2, 0) is 26.4 Å². The second-order valence-corrected chi connectivity index (χ2v) is 6.22. The third-order valence-electron chi connectivity index (χ3n) is 4.76. The van der Waals surface area contributed by atoms with Gasteiger partial charge in [0.25, 0.3) is 5.56 Å². The van der Waals surface area contributed by atoms with Crippen LogP contribution in [0.5, 0.6) is 0 Å². The zero-order valence-corrected chi connectivity index (χ0v) is 13.2.